The van der Waals surface area contributed by atoms with Gasteiger partial charge in [0.15, 0.2) is 0 Å². The molecule has 0 spiro atoms. The summed E-state index contributed by atoms with van der Waals surface area (Å²) in [6, 6.07) is 7.46. The van der Waals surface area contributed by atoms with E-state index in [9.17, 15) is 4.79 Å². The van der Waals surface area contributed by atoms with Crippen LogP contribution in [0.2, 0.25) is 0 Å². The fourth-order valence-corrected chi connectivity index (χ4v) is 2.22. The zero-order valence-electron chi connectivity index (χ0n) is 9.57. The third-order valence-electron chi connectivity index (χ3n) is 2.48. The van der Waals surface area contributed by atoms with Crippen LogP contribution in [0.5, 0.6) is 0 Å². The monoisotopic (exact) mass is 246 g/mol. The predicted molar refractivity (Wildman–Crippen MR) is 72.2 cm³/mol. The highest BCUT2D eigenvalue weighted by atomic mass is 32.1. The van der Waals surface area contributed by atoms with Gasteiger partial charge in [-0.1, -0.05) is 6.07 Å². The Labute approximate surface area is 104 Å². The molecule has 0 fully saturated rings. The van der Waals surface area contributed by atoms with Crippen LogP contribution in [-0.4, -0.2) is 5.91 Å². The van der Waals surface area contributed by atoms with E-state index in [1.165, 1.54) is 0 Å². The molecular formula is C13H14N2OS. The van der Waals surface area contributed by atoms with Crippen molar-refractivity contribution in [2.75, 3.05) is 11.1 Å². The molecule has 3 nitrogen and oxygen atoms in total. The van der Waals surface area contributed by atoms with E-state index in [1.807, 2.05) is 35.9 Å². The Morgan fingerprint density at radius 2 is 2.24 bits per heavy atom. The fourth-order valence-electron chi connectivity index (χ4n) is 1.55. The lowest BCUT2D eigenvalue weighted by Gasteiger charge is -2.08. The summed E-state index contributed by atoms with van der Waals surface area (Å²) in [7, 11) is 0. The van der Waals surface area contributed by atoms with Crippen LogP contribution in [0.3, 0.4) is 0 Å². The molecule has 0 atom stereocenters. The van der Waals surface area contributed by atoms with Gasteiger partial charge in [-0.15, -0.1) is 0 Å². The number of anilines is 2. The quantitative estimate of drug-likeness (QED) is 0.818. The topological polar surface area (TPSA) is 55.1 Å². The summed E-state index contributed by atoms with van der Waals surface area (Å²) in [5, 5.41) is 6.82. The molecule has 4 heteroatoms. The maximum absolute atomic E-state index is 11.8. The van der Waals surface area contributed by atoms with E-state index in [0.29, 0.717) is 12.1 Å². The summed E-state index contributed by atoms with van der Waals surface area (Å²) in [5.74, 6) is -0.0166. The Kier molecular flexibility index (Phi) is 3.44. The first-order valence-electron chi connectivity index (χ1n) is 5.32. The van der Waals surface area contributed by atoms with Crippen LogP contribution in [0.25, 0.3) is 0 Å². The van der Waals surface area contributed by atoms with E-state index >= 15 is 0 Å². The number of nitrogen functional groups attached to an aromatic ring is 1. The van der Waals surface area contributed by atoms with Gasteiger partial charge in [-0.25, -0.2) is 0 Å². The van der Waals surface area contributed by atoms with Crippen LogP contribution in [0.1, 0.15) is 11.1 Å². The Morgan fingerprint density at radius 3 is 2.94 bits per heavy atom. The molecule has 0 radical (unpaired) electrons. The maximum Gasteiger partial charge on any atom is 0.228 e. The van der Waals surface area contributed by atoms with Crippen LogP contribution in [0.15, 0.2) is 35.0 Å². The lowest BCUT2D eigenvalue weighted by molar-refractivity contribution is -0.115. The zero-order valence-corrected chi connectivity index (χ0v) is 10.4. The molecule has 0 saturated heterocycles. The lowest BCUT2D eigenvalue weighted by atomic mass is 10.1. The van der Waals surface area contributed by atoms with Crippen molar-refractivity contribution in [2.24, 2.45) is 0 Å². The van der Waals surface area contributed by atoms with E-state index in [1.54, 1.807) is 17.4 Å². The van der Waals surface area contributed by atoms with E-state index in [4.69, 9.17) is 5.73 Å². The third kappa shape index (κ3) is 3.07. The smallest absolute Gasteiger partial charge is 0.228 e. The minimum Gasteiger partial charge on any atom is -0.399 e. The predicted octanol–water partition coefficient (Wildman–Crippen LogP) is 2.82. The number of thiophene rings is 1. The molecule has 0 aliphatic heterocycles. The van der Waals surface area contributed by atoms with Gasteiger partial charge in [0.1, 0.15) is 0 Å². The number of aryl methyl sites for hydroxylation is 1. The van der Waals surface area contributed by atoms with Crippen molar-refractivity contribution in [2.45, 2.75) is 13.3 Å². The highest BCUT2D eigenvalue weighted by Crippen LogP contribution is 2.18. The summed E-state index contributed by atoms with van der Waals surface area (Å²) < 4.78 is 0. The molecule has 2 aromatic rings. The average Bonchev–Trinajstić information content (AvgIpc) is 2.76. The first-order chi connectivity index (χ1) is 8.15. The number of nitrogens with two attached hydrogens (primary N) is 1. The fraction of sp³-hybridized carbons (Fsp3) is 0.154. The summed E-state index contributed by atoms with van der Waals surface area (Å²) in [6.45, 7) is 1.94. The minimum atomic E-state index is -0.0166. The summed E-state index contributed by atoms with van der Waals surface area (Å²) >= 11 is 1.59. The van der Waals surface area contributed by atoms with Crippen LogP contribution in [-0.2, 0) is 11.2 Å². The largest absolute Gasteiger partial charge is 0.399 e. The van der Waals surface area contributed by atoms with Gasteiger partial charge in [-0.3, -0.25) is 4.79 Å². The lowest BCUT2D eigenvalue weighted by Crippen LogP contribution is -2.14. The number of nitrogens with one attached hydrogen (secondary N) is 1. The summed E-state index contributed by atoms with van der Waals surface area (Å²) in [6.07, 6.45) is 0.401. The standard InChI is InChI=1S/C13H14N2OS/c1-9-2-3-11(14)7-12(9)15-13(16)6-10-4-5-17-8-10/h2-5,7-8H,6,14H2,1H3,(H,15,16). The van der Waals surface area contributed by atoms with E-state index in [2.05, 4.69) is 5.32 Å². The number of amides is 1. The van der Waals surface area contributed by atoms with Gasteiger partial charge in [-0.2, -0.15) is 11.3 Å². The Bertz CT molecular complexity index is 520. The average molecular weight is 246 g/mol. The number of hydrogen-bond acceptors (Lipinski definition) is 3. The Morgan fingerprint density at radius 1 is 1.41 bits per heavy atom. The van der Waals surface area contributed by atoms with Gasteiger partial charge in [0.2, 0.25) is 5.91 Å². The highest BCUT2D eigenvalue weighted by molar-refractivity contribution is 7.08. The van der Waals surface area contributed by atoms with Gasteiger partial charge in [0.05, 0.1) is 6.42 Å². The van der Waals surface area contributed by atoms with Gasteiger partial charge in [0, 0.05) is 11.4 Å². The molecule has 1 aromatic carbocycles. The molecule has 17 heavy (non-hydrogen) atoms. The van der Waals surface area contributed by atoms with E-state index in [0.717, 1.165) is 16.8 Å². The van der Waals surface area contributed by atoms with Crippen LogP contribution in [0.4, 0.5) is 11.4 Å². The summed E-state index contributed by atoms with van der Waals surface area (Å²) in [4.78, 5) is 11.8. The van der Waals surface area contributed by atoms with Crippen molar-refractivity contribution in [3.05, 3.63) is 46.2 Å². The van der Waals surface area contributed by atoms with Crippen LogP contribution >= 0.6 is 11.3 Å². The number of benzene rings is 1. The molecule has 0 aliphatic rings. The first kappa shape index (κ1) is 11.7. The van der Waals surface area contributed by atoms with Crippen molar-refractivity contribution in [3.63, 3.8) is 0 Å². The molecule has 88 valence electrons. The number of carbonyl (C=O) groups is 1. The van der Waals surface area contributed by atoms with Crippen LogP contribution < -0.4 is 11.1 Å². The summed E-state index contributed by atoms with van der Waals surface area (Å²) in [5.41, 5.74) is 9.17. The molecular weight excluding hydrogens is 232 g/mol. The van der Waals surface area contributed by atoms with E-state index in [-0.39, 0.29) is 5.91 Å². The molecule has 1 amide bonds. The van der Waals surface area contributed by atoms with Crippen molar-refractivity contribution in [1.82, 2.24) is 0 Å². The molecule has 0 unspecified atom stereocenters. The van der Waals surface area contributed by atoms with Gasteiger partial charge in [-0.05, 0) is 47.0 Å². The molecule has 1 aromatic heterocycles. The second-order valence-electron chi connectivity index (χ2n) is 3.93. The Balaban J connectivity index is 2.05. The highest BCUT2D eigenvalue weighted by Gasteiger charge is 2.06. The van der Waals surface area contributed by atoms with Gasteiger partial charge < -0.3 is 11.1 Å². The third-order valence-corrected chi connectivity index (χ3v) is 3.21. The first-order valence-corrected chi connectivity index (χ1v) is 6.26. The van der Waals surface area contributed by atoms with Crippen LogP contribution in [0, 0.1) is 6.92 Å². The second-order valence-corrected chi connectivity index (χ2v) is 4.71. The molecule has 0 bridgehead atoms. The van der Waals surface area contributed by atoms with Crippen molar-refractivity contribution in [3.8, 4) is 0 Å². The number of carbonyl (C=O) groups excluding carboxylic acids is 1. The van der Waals surface area contributed by atoms with Crippen molar-refractivity contribution in [1.29, 1.82) is 0 Å². The van der Waals surface area contributed by atoms with Crippen molar-refractivity contribution < 1.29 is 4.79 Å². The maximum atomic E-state index is 11.8. The van der Waals surface area contributed by atoms with Gasteiger partial charge in [0.25, 0.3) is 0 Å². The normalized spacial score (nSPS) is 10.2. The Hall–Kier alpha value is -1.81. The molecule has 3 N–H and O–H groups in total. The van der Waals surface area contributed by atoms with Gasteiger partial charge >= 0.3 is 0 Å². The number of rotatable bonds is 3. The van der Waals surface area contributed by atoms with E-state index < -0.39 is 0 Å². The van der Waals surface area contributed by atoms with Crippen molar-refractivity contribution >= 4 is 28.6 Å². The molecule has 0 aliphatic carbocycles. The minimum absolute atomic E-state index is 0.0166. The molecule has 0 saturated carbocycles. The SMILES string of the molecule is Cc1ccc(N)cc1NC(=O)Cc1ccsc1. The molecule has 2 rings (SSSR count). The zero-order chi connectivity index (χ0) is 12.3. The second kappa shape index (κ2) is 5.01. The molecule has 1 heterocycles. The number of hydrogen-bond donors (Lipinski definition) is 2.